The highest BCUT2D eigenvalue weighted by atomic mass is 32.1. The Morgan fingerprint density at radius 2 is 1.67 bits per heavy atom. The summed E-state index contributed by atoms with van der Waals surface area (Å²) in [6, 6.07) is 13.2. The van der Waals surface area contributed by atoms with Gasteiger partial charge in [0.15, 0.2) is 5.82 Å². The van der Waals surface area contributed by atoms with E-state index in [2.05, 4.69) is 40.7 Å². The van der Waals surface area contributed by atoms with Crippen molar-refractivity contribution in [1.29, 1.82) is 0 Å². The molecule has 0 aliphatic carbocycles. The molecular weight excluding hydrogens is 867 g/mol. The van der Waals surface area contributed by atoms with Crippen LogP contribution >= 0.6 is 11.3 Å². The SMILES string of the molecule is CCNc1nn(C2CCN(CC3CCN(CC(=O)N[C@H](C(=O)N4C[C@H](O)C[C@H]4C(=O)N[C@@H](C)c4ccc(-c5scnc5C)cc4)C(C)(C)C)CC3)CC2)c(/C=C(\N)c2ccccc2O)c1NC. The molecular formula is C50H71N11O5S. The molecule has 3 aliphatic heterocycles. The number of para-hydroxylation sites is 1. The Balaban J connectivity index is 0.894. The zero-order valence-electron chi connectivity index (χ0n) is 40.2. The second kappa shape index (κ2) is 21.6. The molecule has 0 spiro atoms. The van der Waals surface area contributed by atoms with Crippen molar-refractivity contribution < 1.29 is 24.6 Å². The van der Waals surface area contributed by atoms with Gasteiger partial charge in [0.2, 0.25) is 17.7 Å². The monoisotopic (exact) mass is 938 g/mol. The maximum atomic E-state index is 14.3. The molecule has 7 rings (SSSR count). The number of hydrogen-bond donors (Lipinski definition) is 7. The van der Waals surface area contributed by atoms with Gasteiger partial charge in [0.25, 0.3) is 0 Å². The van der Waals surface area contributed by atoms with Crippen LogP contribution in [-0.2, 0) is 14.4 Å². The zero-order chi connectivity index (χ0) is 48.0. The van der Waals surface area contributed by atoms with Crippen molar-refractivity contribution in [3.8, 4) is 16.2 Å². The van der Waals surface area contributed by atoms with Gasteiger partial charge < -0.3 is 47.0 Å². The molecule has 3 fully saturated rings. The van der Waals surface area contributed by atoms with Gasteiger partial charge in [0.1, 0.15) is 23.5 Å². The smallest absolute Gasteiger partial charge is 0.246 e. The number of piperidine rings is 2. The van der Waals surface area contributed by atoms with Crippen molar-refractivity contribution in [1.82, 2.24) is 40.1 Å². The number of aliphatic hydroxyl groups excluding tert-OH is 1. The highest BCUT2D eigenvalue weighted by Gasteiger charge is 2.45. The van der Waals surface area contributed by atoms with E-state index in [4.69, 9.17) is 10.8 Å². The number of benzene rings is 2. The second-order valence-corrected chi connectivity index (χ2v) is 20.4. The molecule has 8 N–H and O–H groups in total. The zero-order valence-corrected chi connectivity index (χ0v) is 41.0. The van der Waals surface area contributed by atoms with E-state index in [9.17, 15) is 24.6 Å². The number of likely N-dealkylation sites (tertiary alicyclic amines) is 3. The molecule has 17 heteroatoms. The number of amides is 3. The largest absolute Gasteiger partial charge is 0.507 e. The van der Waals surface area contributed by atoms with Crippen LogP contribution in [0.3, 0.4) is 0 Å². The number of phenolic OH excluding ortho intramolecular Hbond substituents is 1. The summed E-state index contributed by atoms with van der Waals surface area (Å²) in [4.78, 5) is 53.4. The predicted molar refractivity (Wildman–Crippen MR) is 266 cm³/mol. The summed E-state index contributed by atoms with van der Waals surface area (Å²) in [5.41, 5.74) is 13.5. The van der Waals surface area contributed by atoms with Gasteiger partial charge in [-0.3, -0.25) is 24.0 Å². The number of rotatable bonds is 16. The van der Waals surface area contributed by atoms with Crippen molar-refractivity contribution in [2.24, 2.45) is 17.1 Å². The Kier molecular flexibility index (Phi) is 16.0. The Morgan fingerprint density at radius 1 is 0.985 bits per heavy atom. The summed E-state index contributed by atoms with van der Waals surface area (Å²) in [6.07, 6.45) is 5.00. The topological polar surface area (TPSA) is 206 Å². The van der Waals surface area contributed by atoms with Crippen LogP contribution in [0.1, 0.15) is 101 Å². The third kappa shape index (κ3) is 11.8. The number of anilines is 2. The standard InChI is InChI=1S/C50H71N11O5S/c1-8-53-47-44(52-7)40(26-39(51)38-11-9-10-12-42(38)63)61(57-47)36-19-23-58(24-20-36)27-33-17-21-59(22-18-33)29-43(64)56-46(50(4,5)6)49(66)60-28-37(62)25-41(60)48(65)55-31(2)34-13-15-35(16-14-34)45-32(3)54-30-67-45/h9-16,26,30-31,33,36-37,41,46,52,62-63H,8,17-25,27-29,51H2,1-7H3,(H,53,57)(H,55,65)(H,56,64)/b39-26-/t31-,37+,41-,46+/m0/s1. The van der Waals surface area contributed by atoms with E-state index in [1.165, 1.54) is 4.90 Å². The lowest BCUT2D eigenvalue weighted by molar-refractivity contribution is -0.144. The Morgan fingerprint density at radius 3 is 2.30 bits per heavy atom. The van der Waals surface area contributed by atoms with Crippen molar-refractivity contribution in [3.63, 3.8) is 0 Å². The van der Waals surface area contributed by atoms with Crippen LogP contribution in [0.4, 0.5) is 11.5 Å². The van der Waals surface area contributed by atoms with Crippen LogP contribution in [0.5, 0.6) is 5.75 Å². The summed E-state index contributed by atoms with van der Waals surface area (Å²) < 4.78 is 2.09. The number of aliphatic hydroxyl groups is 1. The van der Waals surface area contributed by atoms with Gasteiger partial charge in [-0.25, -0.2) is 4.98 Å². The normalized spacial score (nSPS) is 20.1. The Labute approximate surface area is 399 Å². The number of aromatic hydroxyl groups is 1. The molecule has 3 saturated heterocycles. The molecule has 2 aromatic heterocycles. The lowest BCUT2D eigenvalue weighted by Crippen LogP contribution is -2.59. The fourth-order valence-corrected chi connectivity index (χ4v) is 10.6. The first-order valence-electron chi connectivity index (χ1n) is 23.9. The Hall–Kier alpha value is -5.49. The fraction of sp³-hybridized carbons (Fsp3) is 0.540. The number of nitrogens with one attached hydrogen (secondary N) is 4. The number of aryl methyl sites for hydroxylation is 1. The van der Waals surface area contributed by atoms with Gasteiger partial charge in [0, 0.05) is 57.5 Å². The minimum Gasteiger partial charge on any atom is -0.507 e. The molecule has 3 amide bonds. The molecule has 0 radical (unpaired) electrons. The third-order valence-corrected chi connectivity index (χ3v) is 14.6. The van der Waals surface area contributed by atoms with Gasteiger partial charge >= 0.3 is 0 Å². The lowest BCUT2D eigenvalue weighted by atomic mass is 9.85. The van der Waals surface area contributed by atoms with Crippen molar-refractivity contribution in [2.45, 2.75) is 104 Å². The van der Waals surface area contributed by atoms with E-state index < -0.39 is 23.6 Å². The van der Waals surface area contributed by atoms with Gasteiger partial charge in [-0.05, 0) is 100 Å². The summed E-state index contributed by atoms with van der Waals surface area (Å²) in [7, 11) is 1.88. The number of thiazole rings is 1. The fourth-order valence-electron chi connectivity index (χ4n) is 9.81. The quantitative estimate of drug-likeness (QED) is 0.0726. The number of nitrogens with zero attached hydrogens (tertiary/aromatic N) is 6. The number of hydrogen-bond acceptors (Lipinski definition) is 13. The maximum Gasteiger partial charge on any atom is 0.246 e. The van der Waals surface area contributed by atoms with Crippen LogP contribution in [0.15, 0.2) is 54.0 Å². The molecule has 362 valence electrons. The van der Waals surface area contributed by atoms with Crippen LogP contribution < -0.4 is 27.0 Å². The van der Waals surface area contributed by atoms with Crippen LogP contribution in [0, 0.1) is 18.3 Å². The van der Waals surface area contributed by atoms with Crippen molar-refractivity contribution in [2.75, 3.05) is 70.0 Å². The van der Waals surface area contributed by atoms with Crippen LogP contribution in [0.2, 0.25) is 0 Å². The second-order valence-electron chi connectivity index (χ2n) is 19.6. The third-order valence-electron chi connectivity index (χ3n) is 13.6. The molecule has 0 bridgehead atoms. The lowest BCUT2D eigenvalue weighted by Gasteiger charge is -2.38. The first-order valence-corrected chi connectivity index (χ1v) is 24.8. The number of nitrogens with two attached hydrogens (primary N) is 1. The molecule has 16 nitrogen and oxygen atoms in total. The molecule has 5 heterocycles. The molecule has 0 saturated carbocycles. The minimum absolute atomic E-state index is 0.0219. The van der Waals surface area contributed by atoms with E-state index in [1.807, 2.05) is 96.6 Å². The molecule has 4 aromatic rings. The average molecular weight is 938 g/mol. The first kappa shape index (κ1) is 49.4. The van der Waals surface area contributed by atoms with Crippen molar-refractivity contribution >= 4 is 52.3 Å². The summed E-state index contributed by atoms with van der Waals surface area (Å²) >= 11 is 1.59. The number of β-amino-alcohol motifs (C(OH)–C–C–N with tert-alkyl or cyclic N) is 1. The number of carbonyl (C=O) groups excluding carboxylic acids is 3. The number of carbonyl (C=O) groups is 3. The minimum atomic E-state index is -0.885. The van der Waals surface area contributed by atoms with Crippen molar-refractivity contribution in [3.05, 3.63) is 76.6 Å². The molecule has 3 aliphatic rings. The van der Waals surface area contributed by atoms with E-state index in [1.54, 1.807) is 23.5 Å². The van der Waals surface area contributed by atoms with Crippen LogP contribution in [0.25, 0.3) is 22.2 Å². The summed E-state index contributed by atoms with van der Waals surface area (Å²) in [5.74, 6) is 0.491. The molecule has 2 aromatic carbocycles. The highest BCUT2D eigenvalue weighted by molar-refractivity contribution is 7.13. The predicted octanol–water partition coefficient (Wildman–Crippen LogP) is 5.67. The van der Waals surface area contributed by atoms with E-state index in [0.717, 1.165) is 104 Å². The Bertz CT molecular complexity index is 2360. The molecule has 4 atom stereocenters. The summed E-state index contributed by atoms with van der Waals surface area (Å²) in [5, 5.41) is 39.1. The number of aromatic nitrogens is 3. The molecule has 67 heavy (non-hydrogen) atoms. The first-order chi connectivity index (χ1) is 32.0. The summed E-state index contributed by atoms with van der Waals surface area (Å²) in [6.45, 7) is 17.0. The van der Waals surface area contributed by atoms with Gasteiger partial charge in [-0.15, -0.1) is 11.3 Å². The average Bonchev–Trinajstić information content (AvgIpc) is 4.02. The van der Waals surface area contributed by atoms with E-state index in [-0.39, 0.29) is 55.1 Å². The maximum absolute atomic E-state index is 14.3. The number of phenols is 1. The van der Waals surface area contributed by atoms with Gasteiger partial charge in [-0.2, -0.15) is 5.10 Å². The molecule has 0 unspecified atom stereocenters. The van der Waals surface area contributed by atoms with Crippen LogP contribution in [-0.4, -0.2) is 135 Å². The van der Waals surface area contributed by atoms with E-state index >= 15 is 0 Å². The van der Waals surface area contributed by atoms with Gasteiger partial charge in [0.05, 0.1) is 46.5 Å². The highest BCUT2D eigenvalue weighted by Crippen LogP contribution is 2.36. The van der Waals surface area contributed by atoms with E-state index in [0.29, 0.717) is 17.2 Å². The van der Waals surface area contributed by atoms with Gasteiger partial charge in [-0.1, -0.05) is 57.2 Å².